The third kappa shape index (κ3) is 3.55. The molecule has 0 saturated carbocycles. The highest BCUT2D eigenvalue weighted by Crippen LogP contribution is 2.27. The molecule has 0 N–H and O–H groups in total. The fraction of sp³-hybridized carbons (Fsp3) is 0.385. The molecule has 0 bridgehead atoms. The largest absolute Gasteiger partial charge is 0.304 e. The standard InChI is InChI=1S/C13H13FN2O6S2/c1-2-6-15(10-5-7-23(19,20)9-10)24(21,22)11-3-4-13(16(17)18)12(14)8-11/h1,3-4,8,10H,5-7,9H2/t10-/m0/s1. The molecule has 0 radical (unpaired) electrons. The molecule has 24 heavy (non-hydrogen) atoms. The number of terminal acetylenes is 1. The number of nitro benzene ring substituents is 1. The van der Waals surface area contributed by atoms with Gasteiger partial charge in [0.15, 0.2) is 9.84 Å². The minimum absolute atomic E-state index is 0.0821. The molecule has 0 aromatic heterocycles. The molecule has 1 aromatic rings. The van der Waals surface area contributed by atoms with Crippen LogP contribution in [0.4, 0.5) is 10.1 Å². The van der Waals surface area contributed by atoms with Gasteiger partial charge >= 0.3 is 5.69 Å². The number of hydrogen-bond donors (Lipinski definition) is 0. The average molecular weight is 376 g/mol. The van der Waals surface area contributed by atoms with Crippen LogP contribution in [0, 0.1) is 28.3 Å². The first-order valence-corrected chi connectivity index (χ1v) is 9.94. The van der Waals surface area contributed by atoms with Crippen molar-refractivity contribution in [2.75, 3.05) is 18.1 Å². The quantitative estimate of drug-likeness (QED) is 0.421. The van der Waals surface area contributed by atoms with Crippen LogP contribution in [0.15, 0.2) is 23.1 Å². The van der Waals surface area contributed by atoms with Gasteiger partial charge in [-0.15, -0.1) is 6.42 Å². The van der Waals surface area contributed by atoms with Gasteiger partial charge in [0, 0.05) is 18.2 Å². The molecule has 1 saturated heterocycles. The number of rotatable bonds is 5. The van der Waals surface area contributed by atoms with Crippen LogP contribution >= 0.6 is 0 Å². The Balaban J connectivity index is 2.44. The zero-order chi connectivity index (χ0) is 18.1. The van der Waals surface area contributed by atoms with E-state index in [-0.39, 0.29) is 24.5 Å². The SMILES string of the molecule is C#CCN([C@H]1CCS(=O)(=O)C1)S(=O)(=O)c1ccc([N+](=O)[O-])c(F)c1. The Kier molecular flexibility index (Phi) is 4.93. The Morgan fingerprint density at radius 1 is 1.46 bits per heavy atom. The molecule has 1 aromatic carbocycles. The molecule has 2 rings (SSSR count). The van der Waals surface area contributed by atoms with E-state index in [1.54, 1.807) is 0 Å². The molecule has 11 heteroatoms. The van der Waals surface area contributed by atoms with E-state index < -0.39 is 47.2 Å². The lowest BCUT2D eigenvalue weighted by Crippen LogP contribution is -2.41. The van der Waals surface area contributed by atoms with Crippen molar-refractivity contribution < 1.29 is 26.1 Å². The molecule has 1 aliphatic rings. The normalized spacial score (nSPS) is 20.0. The summed E-state index contributed by atoms with van der Waals surface area (Å²) in [6, 6.07) is 1.31. The summed E-state index contributed by atoms with van der Waals surface area (Å²) >= 11 is 0. The molecule has 0 amide bonds. The van der Waals surface area contributed by atoms with E-state index in [0.29, 0.717) is 6.07 Å². The highest BCUT2D eigenvalue weighted by molar-refractivity contribution is 7.92. The number of sulfone groups is 1. The molecular weight excluding hydrogens is 363 g/mol. The van der Waals surface area contributed by atoms with E-state index >= 15 is 0 Å². The lowest BCUT2D eigenvalue weighted by Gasteiger charge is -2.25. The monoisotopic (exact) mass is 376 g/mol. The molecule has 8 nitrogen and oxygen atoms in total. The second-order valence-corrected chi connectivity index (χ2v) is 9.30. The first-order valence-electron chi connectivity index (χ1n) is 6.68. The Labute approximate surface area is 138 Å². The summed E-state index contributed by atoms with van der Waals surface area (Å²) in [6.45, 7) is -0.388. The van der Waals surface area contributed by atoms with Gasteiger partial charge in [-0.2, -0.15) is 8.70 Å². The van der Waals surface area contributed by atoms with Gasteiger partial charge < -0.3 is 0 Å². The highest BCUT2D eigenvalue weighted by Gasteiger charge is 2.38. The van der Waals surface area contributed by atoms with Crippen molar-refractivity contribution in [3.05, 3.63) is 34.1 Å². The lowest BCUT2D eigenvalue weighted by atomic mass is 10.3. The maximum absolute atomic E-state index is 13.7. The summed E-state index contributed by atoms with van der Waals surface area (Å²) in [5, 5.41) is 10.6. The third-order valence-electron chi connectivity index (χ3n) is 3.59. The van der Waals surface area contributed by atoms with Crippen molar-refractivity contribution in [2.24, 2.45) is 0 Å². The van der Waals surface area contributed by atoms with Crippen molar-refractivity contribution in [3.63, 3.8) is 0 Å². The van der Waals surface area contributed by atoms with E-state index in [1.807, 2.05) is 0 Å². The molecule has 0 aliphatic carbocycles. The van der Waals surface area contributed by atoms with Crippen LogP contribution in [0.5, 0.6) is 0 Å². The van der Waals surface area contributed by atoms with Crippen molar-refractivity contribution in [2.45, 2.75) is 17.4 Å². The molecule has 1 aliphatic heterocycles. The topological polar surface area (TPSA) is 115 Å². The lowest BCUT2D eigenvalue weighted by molar-refractivity contribution is -0.387. The van der Waals surface area contributed by atoms with Gasteiger partial charge in [0.05, 0.1) is 27.9 Å². The van der Waals surface area contributed by atoms with E-state index in [0.717, 1.165) is 16.4 Å². The summed E-state index contributed by atoms with van der Waals surface area (Å²) in [4.78, 5) is 9.11. The van der Waals surface area contributed by atoms with Gasteiger partial charge in [0.1, 0.15) is 0 Å². The van der Waals surface area contributed by atoms with Gasteiger partial charge in [-0.05, 0) is 12.5 Å². The Morgan fingerprint density at radius 2 is 2.12 bits per heavy atom. The molecular formula is C13H13FN2O6S2. The zero-order valence-electron chi connectivity index (χ0n) is 12.3. The van der Waals surface area contributed by atoms with Crippen molar-refractivity contribution in [3.8, 4) is 12.3 Å². The molecule has 1 fully saturated rings. The van der Waals surface area contributed by atoms with Crippen molar-refractivity contribution in [1.82, 2.24) is 4.31 Å². The predicted octanol–water partition coefficient (Wildman–Crippen LogP) is 0.545. The number of halogens is 1. The summed E-state index contributed by atoms with van der Waals surface area (Å²) in [5.41, 5.74) is -0.860. The van der Waals surface area contributed by atoms with Crippen LogP contribution in [0.25, 0.3) is 0 Å². The number of nitrogens with zero attached hydrogens (tertiary/aromatic N) is 2. The fourth-order valence-electron chi connectivity index (χ4n) is 2.43. The van der Waals surface area contributed by atoms with Crippen LogP contribution < -0.4 is 0 Å². The summed E-state index contributed by atoms with van der Waals surface area (Å²) in [7, 11) is -7.66. The third-order valence-corrected chi connectivity index (χ3v) is 7.23. The molecule has 1 atom stereocenters. The highest BCUT2D eigenvalue weighted by atomic mass is 32.2. The maximum atomic E-state index is 13.7. The smallest absolute Gasteiger partial charge is 0.258 e. The maximum Gasteiger partial charge on any atom is 0.304 e. The minimum Gasteiger partial charge on any atom is -0.258 e. The molecule has 0 unspecified atom stereocenters. The van der Waals surface area contributed by atoms with Crippen LogP contribution in [0.2, 0.25) is 0 Å². The van der Waals surface area contributed by atoms with Crippen molar-refractivity contribution in [1.29, 1.82) is 0 Å². The van der Waals surface area contributed by atoms with Gasteiger partial charge in [-0.3, -0.25) is 10.1 Å². The second kappa shape index (κ2) is 6.46. The Morgan fingerprint density at radius 3 is 2.58 bits per heavy atom. The molecule has 0 spiro atoms. The van der Waals surface area contributed by atoms with Crippen LogP contribution in [-0.2, 0) is 19.9 Å². The zero-order valence-corrected chi connectivity index (χ0v) is 13.9. The minimum atomic E-state index is -4.30. The number of sulfonamides is 1. The summed E-state index contributed by atoms with van der Waals surface area (Å²) in [5.74, 6) is 0.302. The first kappa shape index (κ1) is 18.3. The van der Waals surface area contributed by atoms with Crippen LogP contribution in [0.1, 0.15) is 6.42 Å². The van der Waals surface area contributed by atoms with E-state index in [4.69, 9.17) is 6.42 Å². The van der Waals surface area contributed by atoms with Crippen LogP contribution in [-0.4, -0.2) is 50.2 Å². The molecule has 1 heterocycles. The predicted molar refractivity (Wildman–Crippen MR) is 82.8 cm³/mol. The number of benzene rings is 1. The number of hydrogen-bond acceptors (Lipinski definition) is 6. The summed E-state index contributed by atoms with van der Waals surface area (Å²) in [6.07, 6.45) is 5.25. The van der Waals surface area contributed by atoms with Gasteiger partial charge in [-0.1, -0.05) is 5.92 Å². The van der Waals surface area contributed by atoms with Gasteiger partial charge in [-0.25, -0.2) is 16.8 Å². The molecule has 130 valence electrons. The van der Waals surface area contributed by atoms with E-state index in [9.17, 15) is 31.3 Å². The Hall–Kier alpha value is -2.03. The number of nitro groups is 1. The Bertz CT molecular complexity index is 920. The average Bonchev–Trinajstić information content (AvgIpc) is 2.83. The first-order chi connectivity index (χ1) is 11.1. The fourth-order valence-corrected chi connectivity index (χ4v) is 5.84. The van der Waals surface area contributed by atoms with Gasteiger partial charge in [0.25, 0.3) is 0 Å². The second-order valence-electron chi connectivity index (χ2n) is 5.18. The summed E-state index contributed by atoms with van der Waals surface area (Å²) < 4.78 is 63.0. The van der Waals surface area contributed by atoms with E-state index in [1.165, 1.54) is 0 Å². The van der Waals surface area contributed by atoms with Crippen molar-refractivity contribution >= 4 is 25.5 Å². The van der Waals surface area contributed by atoms with E-state index in [2.05, 4.69) is 5.92 Å². The van der Waals surface area contributed by atoms with Gasteiger partial charge in [0.2, 0.25) is 15.8 Å². The van der Waals surface area contributed by atoms with Crippen LogP contribution in [0.3, 0.4) is 0 Å².